The van der Waals surface area contributed by atoms with E-state index in [-0.39, 0.29) is 5.91 Å². The molecule has 0 radical (unpaired) electrons. The molecule has 0 fully saturated rings. The van der Waals surface area contributed by atoms with Gasteiger partial charge in [0.2, 0.25) is 10.1 Å². The lowest BCUT2D eigenvalue weighted by molar-refractivity contribution is 0.0992. The van der Waals surface area contributed by atoms with Crippen molar-refractivity contribution in [3.8, 4) is 6.07 Å². The van der Waals surface area contributed by atoms with Gasteiger partial charge in [0.1, 0.15) is 6.07 Å². The highest BCUT2D eigenvalue weighted by molar-refractivity contribution is 7.17. The summed E-state index contributed by atoms with van der Waals surface area (Å²) in [6.07, 6.45) is 0.971. The molecule has 0 aliphatic carbocycles. The van der Waals surface area contributed by atoms with Crippen molar-refractivity contribution in [2.75, 3.05) is 23.8 Å². The number of hydrogen-bond acceptors (Lipinski definition) is 6. The number of hydrogen-bond donors (Lipinski definition) is 1. The third-order valence-electron chi connectivity index (χ3n) is 2.82. The normalized spacial score (nSPS) is 9.95. The van der Waals surface area contributed by atoms with Crippen molar-refractivity contribution in [2.24, 2.45) is 0 Å². The van der Waals surface area contributed by atoms with Gasteiger partial charge < -0.3 is 10.2 Å². The summed E-state index contributed by atoms with van der Waals surface area (Å²) in [5.74, 6) is -0.278. The lowest BCUT2D eigenvalue weighted by Gasteiger charge is -2.16. The predicted molar refractivity (Wildman–Crippen MR) is 82.6 cm³/mol. The van der Waals surface area contributed by atoms with Crippen molar-refractivity contribution in [3.05, 3.63) is 34.8 Å². The van der Waals surface area contributed by atoms with Gasteiger partial charge in [-0.05, 0) is 18.6 Å². The molecule has 6 nitrogen and oxygen atoms in total. The van der Waals surface area contributed by atoms with E-state index in [1.165, 1.54) is 16.2 Å². The fourth-order valence-corrected chi connectivity index (χ4v) is 2.47. The van der Waals surface area contributed by atoms with E-state index in [4.69, 9.17) is 5.26 Å². The second-order valence-electron chi connectivity index (χ2n) is 4.33. The van der Waals surface area contributed by atoms with Crippen molar-refractivity contribution in [1.82, 2.24) is 10.2 Å². The number of aromatic nitrogens is 2. The van der Waals surface area contributed by atoms with E-state index < -0.39 is 0 Å². The molecule has 2 rings (SSSR count). The lowest BCUT2D eigenvalue weighted by Crippen LogP contribution is -2.26. The maximum absolute atomic E-state index is 12.4. The van der Waals surface area contributed by atoms with E-state index in [0.717, 1.165) is 13.0 Å². The molecule has 21 heavy (non-hydrogen) atoms. The summed E-state index contributed by atoms with van der Waals surface area (Å²) in [6.45, 7) is 2.84. The Morgan fingerprint density at radius 3 is 2.90 bits per heavy atom. The Kier molecular flexibility index (Phi) is 4.85. The third kappa shape index (κ3) is 3.35. The van der Waals surface area contributed by atoms with Gasteiger partial charge in [-0.15, -0.1) is 10.2 Å². The molecule has 0 spiro atoms. The van der Waals surface area contributed by atoms with Gasteiger partial charge in [0.05, 0.1) is 11.3 Å². The third-order valence-corrected chi connectivity index (χ3v) is 3.69. The van der Waals surface area contributed by atoms with Crippen LogP contribution in [0.5, 0.6) is 0 Å². The van der Waals surface area contributed by atoms with Crippen molar-refractivity contribution in [3.63, 3.8) is 0 Å². The Morgan fingerprint density at radius 2 is 2.19 bits per heavy atom. The van der Waals surface area contributed by atoms with Crippen molar-refractivity contribution in [1.29, 1.82) is 5.26 Å². The number of carbonyl (C=O) groups is 1. The van der Waals surface area contributed by atoms with Gasteiger partial charge >= 0.3 is 0 Å². The molecule has 1 amide bonds. The molecule has 7 heteroatoms. The van der Waals surface area contributed by atoms with Crippen LogP contribution in [0.15, 0.2) is 24.3 Å². The van der Waals surface area contributed by atoms with Crippen LogP contribution in [0.4, 0.5) is 10.8 Å². The van der Waals surface area contributed by atoms with Gasteiger partial charge in [-0.3, -0.25) is 4.79 Å². The summed E-state index contributed by atoms with van der Waals surface area (Å²) in [6, 6.07) is 9.03. The number of nitrogens with one attached hydrogen (secondary N) is 1. The van der Waals surface area contributed by atoms with E-state index >= 15 is 0 Å². The standard InChI is InChI=1S/C14H15N5OS/c1-3-8-16-14-18-17-12(21-14)13(20)19(2)11-7-5-4-6-10(11)9-15/h4-7H,3,8H2,1-2H3,(H,16,18). The number of amides is 1. The first-order valence-electron chi connectivity index (χ1n) is 6.52. The zero-order valence-corrected chi connectivity index (χ0v) is 12.6. The molecular weight excluding hydrogens is 286 g/mol. The Morgan fingerprint density at radius 1 is 1.43 bits per heavy atom. The largest absolute Gasteiger partial charge is 0.360 e. The van der Waals surface area contributed by atoms with E-state index in [9.17, 15) is 4.79 Å². The summed E-state index contributed by atoms with van der Waals surface area (Å²) in [4.78, 5) is 13.8. The van der Waals surface area contributed by atoms with Crippen molar-refractivity contribution < 1.29 is 4.79 Å². The Hall–Kier alpha value is -2.46. The molecule has 1 aromatic heterocycles. The minimum absolute atomic E-state index is 0.278. The number of carbonyl (C=O) groups excluding carboxylic acids is 1. The van der Waals surface area contributed by atoms with Crippen LogP contribution in [-0.4, -0.2) is 29.7 Å². The van der Waals surface area contributed by atoms with Crippen LogP contribution in [0.3, 0.4) is 0 Å². The van der Waals surface area contributed by atoms with Crippen LogP contribution in [-0.2, 0) is 0 Å². The SMILES string of the molecule is CCCNc1nnc(C(=O)N(C)c2ccccc2C#N)s1. The van der Waals surface area contributed by atoms with Gasteiger partial charge in [-0.2, -0.15) is 5.26 Å². The number of para-hydroxylation sites is 1. The molecule has 1 N–H and O–H groups in total. The molecule has 1 aromatic carbocycles. The Balaban J connectivity index is 2.19. The summed E-state index contributed by atoms with van der Waals surface area (Å²) >= 11 is 1.21. The summed E-state index contributed by atoms with van der Waals surface area (Å²) < 4.78 is 0. The smallest absolute Gasteiger partial charge is 0.289 e. The number of anilines is 2. The summed E-state index contributed by atoms with van der Waals surface area (Å²) in [7, 11) is 1.62. The average molecular weight is 301 g/mol. The minimum Gasteiger partial charge on any atom is -0.360 e. The van der Waals surface area contributed by atoms with E-state index in [2.05, 4.69) is 21.6 Å². The zero-order chi connectivity index (χ0) is 15.2. The first kappa shape index (κ1) is 14.9. The fourth-order valence-electron chi connectivity index (χ4n) is 1.73. The fraction of sp³-hybridized carbons (Fsp3) is 0.286. The molecular formula is C14H15N5OS. The van der Waals surface area contributed by atoms with Crippen LogP contribution in [0.2, 0.25) is 0 Å². The lowest BCUT2D eigenvalue weighted by atomic mass is 10.2. The van der Waals surface area contributed by atoms with Gasteiger partial charge in [-0.1, -0.05) is 30.4 Å². The van der Waals surface area contributed by atoms with E-state index in [1.807, 2.05) is 6.92 Å². The first-order chi connectivity index (χ1) is 10.2. The molecule has 0 atom stereocenters. The van der Waals surface area contributed by atoms with Gasteiger partial charge in [0.25, 0.3) is 5.91 Å². The van der Waals surface area contributed by atoms with Crippen LogP contribution in [0.1, 0.15) is 28.7 Å². The van der Waals surface area contributed by atoms with Crippen LogP contribution in [0.25, 0.3) is 0 Å². The quantitative estimate of drug-likeness (QED) is 0.917. The number of rotatable bonds is 5. The van der Waals surface area contributed by atoms with Crippen molar-refractivity contribution in [2.45, 2.75) is 13.3 Å². The minimum atomic E-state index is -0.278. The molecule has 0 saturated carbocycles. The maximum Gasteiger partial charge on any atom is 0.289 e. The van der Waals surface area contributed by atoms with Gasteiger partial charge in [0.15, 0.2) is 0 Å². The average Bonchev–Trinajstić information content (AvgIpc) is 3.00. The second kappa shape index (κ2) is 6.81. The topological polar surface area (TPSA) is 81.9 Å². The molecule has 2 aromatic rings. The predicted octanol–water partition coefficient (Wildman–Crippen LogP) is 2.51. The highest BCUT2D eigenvalue weighted by atomic mass is 32.1. The van der Waals surface area contributed by atoms with Gasteiger partial charge in [0, 0.05) is 13.6 Å². The summed E-state index contributed by atoms with van der Waals surface area (Å²) in [5.41, 5.74) is 1.01. The summed E-state index contributed by atoms with van der Waals surface area (Å²) in [5, 5.41) is 21.0. The molecule has 0 aliphatic heterocycles. The molecule has 1 heterocycles. The highest BCUT2D eigenvalue weighted by Crippen LogP contribution is 2.22. The Bertz CT molecular complexity index is 676. The highest BCUT2D eigenvalue weighted by Gasteiger charge is 2.20. The van der Waals surface area contributed by atoms with Crippen LogP contribution < -0.4 is 10.2 Å². The second-order valence-corrected chi connectivity index (χ2v) is 5.31. The number of nitriles is 1. The number of benzene rings is 1. The van der Waals surface area contributed by atoms with Crippen LogP contribution >= 0.6 is 11.3 Å². The Labute approximate surface area is 127 Å². The monoisotopic (exact) mass is 301 g/mol. The van der Waals surface area contributed by atoms with Crippen molar-refractivity contribution >= 4 is 28.1 Å². The van der Waals surface area contributed by atoms with Crippen LogP contribution in [0, 0.1) is 11.3 Å². The molecule has 0 bridgehead atoms. The molecule has 0 unspecified atom stereocenters. The van der Waals surface area contributed by atoms with E-state index in [1.54, 1.807) is 31.3 Å². The first-order valence-corrected chi connectivity index (χ1v) is 7.33. The van der Waals surface area contributed by atoms with Gasteiger partial charge in [-0.25, -0.2) is 0 Å². The maximum atomic E-state index is 12.4. The number of nitrogens with zero attached hydrogens (tertiary/aromatic N) is 4. The molecule has 0 aliphatic rings. The zero-order valence-electron chi connectivity index (χ0n) is 11.8. The van der Waals surface area contributed by atoms with E-state index in [0.29, 0.717) is 21.4 Å². The molecule has 108 valence electrons. The molecule has 0 saturated heterocycles.